The van der Waals surface area contributed by atoms with Gasteiger partial charge in [-0.15, -0.1) is 24.0 Å². The van der Waals surface area contributed by atoms with Crippen molar-refractivity contribution in [2.75, 3.05) is 11.5 Å². The third-order valence-electron chi connectivity index (χ3n) is 0.996. The van der Waals surface area contributed by atoms with Crippen LogP contribution in [0.4, 0.5) is 11.4 Å². The lowest BCUT2D eigenvalue weighted by molar-refractivity contribution is 1.67. The molecule has 1 rings (SSSR count). The summed E-state index contributed by atoms with van der Waals surface area (Å²) in [5.41, 5.74) is 12.1. The van der Waals surface area contributed by atoms with Gasteiger partial charge in [-0.1, -0.05) is 12.1 Å². The van der Waals surface area contributed by atoms with Crippen molar-refractivity contribution in [3.8, 4) is 0 Å². The van der Waals surface area contributed by atoms with Crippen molar-refractivity contribution in [1.29, 1.82) is 0 Å². The Balaban J connectivity index is 0.000000640. The number of hydrogen-bond acceptors (Lipinski definition) is 2. The molecule has 0 aromatic heterocycles. The molecule has 0 saturated heterocycles. The van der Waals surface area contributed by atoms with E-state index in [2.05, 4.69) is 0 Å². The molecule has 4 N–H and O–H groups in total. The second-order valence-corrected chi connectivity index (χ2v) is 1.63. The highest BCUT2D eigenvalue weighted by molar-refractivity contribution is 14.0. The first kappa shape index (κ1) is 8.55. The lowest BCUT2D eigenvalue weighted by atomic mass is 10.3. The fourth-order valence-corrected chi connectivity index (χ4v) is 0.511. The molecule has 0 fully saturated rings. The summed E-state index contributed by atoms with van der Waals surface area (Å²) >= 11 is 0. The molecule has 1 aromatic carbocycles. The molecule has 1 aromatic rings. The molecule has 9 heavy (non-hydrogen) atoms. The number of halogens is 1. The molecule has 0 radical (unpaired) electrons. The van der Waals surface area contributed by atoms with E-state index in [-0.39, 0.29) is 24.0 Å². The van der Waals surface area contributed by atoms with Crippen molar-refractivity contribution in [1.82, 2.24) is 0 Å². The summed E-state index contributed by atoms with van der Waals surface area (Å²) in [5, 5.41) is 0. The Morgan fingerprint density at radius 3 is 1.44 bits per heavy atom. The van der Waals surface area contributed by atoms with Crippen LogP contribution in [0.2, 0.25) is 0 Å². The summed E-state index contributed by atoms with van der Waals surface area (Å²) in [4.78, 5) is 0. The highest BCUT2D eigenvalue weighted by atomic mass is 127. The van der Waals surface area contributed by atoms with Gasteiger partial charge < -0.3 is 11.5 Å². The van der Waals surface area contributed by atoms with Crippen molar-refractivity contribution in [3.05, 3.63) is 24.3 Å². The van der Waals surface area contributed by atoms with Gasteiger partial charge in [0.25, 0.3) is 0 Å². The number of anilines is 2. The molecule has 2 nitrogen and oxygen atoms in total. The summed E-state index contributed by atoms with van der Waals surface area (Å²) in [7, 11) is 0. The number of rotatable bonds is 0. The average Bonchev–Trinajstić information content (AvgIpc) is 1.77. The summed E-state index contributed by atoms with van der Waals surface area (Å²) in [6, 6.07) is 7.25. The second-order valence-electron chi connectivity index (χ2n) is 1.63. The highest BCUT2D eigenvalue weighted by Gasteiger charge is 1.85. The molecular weight excluding hydrogens is 227 g/mol. The number of hydrogen-bond donors (Lipinski definition) is 2. The van der Waals surface area contributed by atoms with Crippen LogP contribution in [0.3, 0.4) is 0 Å². The van der Waals surface area contributed by atoms with Crippen LogP contribution < -0.4 is 11.5 Å². The van der Waals surface area contributed by atoms with Gasteiger partial charge in [0.1, 0.15) is 0 Å². The minimum atomic E-state index is 0. The first-order valence-electron chi connectivity index (χ1n) is 2.40. The van der Waals surface area contributed by atoms with Gasteiger partial charge in [-0.2, -0.15) is 0 Å². The average molecular weight is 236 g/mol. The zero-order valence-corrected chi connectivity index (χ0v) is 7.20. The van der Waals surface area contributed by atoms with Crippen LogP contribution >= 0.6 is 24.0 Å². The molecule has 0 heterocycles. The number of para-hydroxylation sites is 2. The van der Waals surface area contributed by atoms with E-state index in [9.17, 15) is 0 Å². The Kier molecular flexibility index (Phi) is 3.37. The standard InChI is InChI=1S/C6H8N2.HI/c7-5-3-1-2-4-6(5)8;/h1-4H,7-8H2;1H. The summed E-state index contributed by atoms with van der Waals surface area (Å²) < 4.78 is 0. The zero-order valence-electron chi connectivity index (χ0n) is 4.87. The Bertz CT molecular complexity index is 167. The third kappa shape index (κ3) is 2.09. The van der Waals surface area contributed by atoms with E-state index in [0.717, 1.165) is 0 Å². The number of benzene rings is 1. The zero-order chi connectivity index (χ0) is 5.98. The van der Waals surface area contributed by atoms with Crippen molar-refractivity contribution in [2.45, 2.75) is 0 Å². The van der Waals surface area contributed by atoms with Gasteiger partial charge in [0.15, 0.2) is 0 Å². The lowest BCUT2D eigenvalue weighted by Crippen LogP contribution is -1.91. The van der Waals surface area contributed by atoms with E-state index in [1.54, 1.807) is 12.1 Å². The number of nitrogen functional groups attached to an aromatic ring is 2. The van der Waals surface area contributed by atoms with Gasteiger partial charge in [-0.3, -0.25) is 0 Å². The van der Waals surface area contributed by atoms with Gasteiger partial charge in [0.2, 0.25) is 0 Å². The van der Waals surface area contributed by atoms with Crippen molar-refractivity contribution in [2.24, 2.45) is 0 Å². The maximum atomic E-state index is 5.39. The lowest BCUT2D eigenvalue weighted by Gasteiger charge is -1.94. The van der Waals surface area contributed by atoms with Gasteiger partial charge in [-0.25, -0.2) is 0 Å². The molecule has 0 aliphatic carbocycles. The molecule has 0 amide bonds. The molecule has 50 valence electrons. The van der Waals surface area contributed by atoms with Crippen molar-refractivity contribution >= 4 is 35.4 Å². The van der Waals surface area contributed by atoms with E-state index in [1.165, 1.54) is 0 Å². The van der Waals surface area contributed by atoms with E-state index in [0.29, 0.717) is 11.4 Å². The molecular formula is C6H9IN2. The predicted octanol–water partition coefficient (Wildman–Crippen LogP) is 1.47. The molecule has 3 heteroatoms. The SMILES string of the molecule is I.Nc1ccccc1N. The Hall–Kier alpha value is -0.450. The van der Waals surface area contributed by atoms with Crippen molar-refractivity contribution in [3.63, 3.8) is 0 Å². The van der Waals surface area contributed by atoms with Gasteiger partial charge in [-0.05, 0) is 12.1 Å². The molecule has 0 spiro atoms. The predicted molar refractivity (Wildman–Crippen MR) is 50.7 cm³/mol. The maximum Gasteiger partial charge on any atom is 0.0547 e. The van der Waals surface area contributed by atoms with Crippen LogP contribution in [-0.2, 0) is 0 Å². The van der Waals surface area contributed by atoms with Crippen molar-refractivity contribution < 1.29 is 0 Å². The monoisotopic (exact) mass is 236 g/mol. The van der Waals surface area contributed by atoms with Crippen LogP contribution in [0.5, 0.6) is 0 Å². The highest BCUT2D eigenvalue weighted by Crippen LogP contribution is 2.10. The first-order chi connectivity index (χ1) is 3.80. The normalized spacial score (nSPS) is 8.00. The van der Waals surface area contributed by atoms with E-state index in [1.807, 2.05) is 12.1 Å². The molecule has 0 saturated carbocycles. The van der Waals surface area contributed by atoms with Gasteiger partial charge in [0.05, 0.1) is 11.4 Å². The summed E-state index contributed by atoms with van der Waals surface area (Å²) in [5.74, 6) is 0. The van der Waals surface area contributed by atoms with E-state index in [4.69, 9.17) is 11.5 Å². The van der Waals surface area contributed by atoms with Crippen LogP contribution in [-0.4, -0.2) is 0 Å². The van der Waals surface area contributed by atoms with Gasteiger partial charge in [0, 0.05) is 0 Å². The fraction of sp³-hybridized carbons (Fsp3) is 0. The van der Waals surface area contributed by atoms with Gasteiger partial charge >= 0.3 is 0 Å². The quantitative estimate of drug-likeness (QED) is 0.529. The Labute approximate surface area is 71.3 Å². The number of nitrogens with two attached hydrogens (primary N) is 2. The molecule has 0 unspecified atom stereocenters. The maximum absolute atomic E-state index is 5.39. The minimum Gasteiger partial charge on any atom is -0.397 e. The Morgan fingerprint density at radius 1 is 0.889 bits per heavy atom. The van der Waals surface area contributed by atoms with Crippen LogP contribution in [0.15, 0.2) is 24.3 Å². The third-order valence-corrected chi connectivity index (χ3v) is 0.996. The smallest absolute Gasteiger partial charge is 0.0547 e. The largest absolute Gasteiger partial charge is 0.397 e. The van der Waals surface area contributed by atoms with E-state index >= 15 is 0 Å². The first-order valence-corrected chi connectivity index (χ1v) is 2.40. The van der Waals surface area contributed by atoms with E-state index < -0.39 is 0 Å². The molecule has 0 aliphatic heterocycles. The molecule has 0 atom stereocenters. The Morgan fingerprint density at radius 2 is 1.22 bits per heavy atom. The second kappa shape index (κ2) is 3.55. The summed E-state index contributed by atoms with van der Waals surface area (Å²) in [6.07, 6.45) is 0. The van der Waals surface area contributed by atoms with Crippen LogP contribution in [0, 0.1) is 0 Å². The molecule has 0 bridgehead atoms. The van der Waals surface area contributed by atoms with Crippen LogP contribution in [0.1, 0.15) is 0 Å². The fourth-order valence-electron chi connectivity index (χ4n) is 0.511. The summed E-state index contributed by atoms with van der Waals surface area (Å²) in [6.45, 7) is 0. The topological polar surface area (TPSA) is 52.0 Å². The van der Waals surface area contributed by atoms with Crippen LogP contribution in [0.25, 0.3) is 0 Å². The molecule has 0 aliphatic rings. The minimum absolute atomic E-state index is 0.